The van der Waals surface area contributed by atoms with E-state index in [1.54, 1.807) is 18.2 Å². The van der Waals surface area contributed by atoms with Gasteiger partial charge in [-0.05, 0) is 48.7 Å². The lowest BCUT2D eigenvalue weighted by molar-refractivity contribution is 0.466. The molecule has 0 atom stereocenters. The zero-order valence-electron chi connectivity index (χ0n) is 19.0. The van der Waals surface area contributed by atoms with Crippen molar-refractivity contribution in [2.24, 2.45) is 0 Å². The molecule has 0 amide bonds. The molecule has 0 aliphatic rings. The Labute approximate surface area is 195 Å². The second-order valence-electron chi connectivity index (χ2n) is 8.34. The summed E-state index contributed by atoms with van der Waals surface area (Å²) in [4.78, 5) is 20.8. The number of rotatable bonds is 7. The van der Waals surface area contributed by atoms with Crippen LogP contribution in [-0.4, -0.2) is 14.5 Å². The van der Waals surface area contributed by atoms with Crippen LogP contribution in [0, 0.1) is 12.7 Å². The number of aryl methyl sites for hydroxylation is 2. The molecule has 0 aliphatic heterocycles. The van der Waals surface area contributed by atoms with Crippen molar-refractivity contribution < 1.29 is 13.5 Å². The van der Waals surface area contributed by atoms with E-state index in [4.69, 9.17) is 9.15 Å². The van der Waals surface area contributed by atoms with E-state index in [9.17, 15) is 9.18 Å². The second-order valence-corrected chi connectivity index (χ2v) is 8.34. The number of hydrogen-bond acceptors (Lipinski definition) is 5. The maximum atomic E-state index is 13.6. The first-order valence-corrected chi connectivity index (χ1v) is 11.4. The van der Waals surface area contributed by atoms with E-state index in [1.165, 1.54) is 24.5 Å². The number of fused-ring (bicyclic) bond motifs is 2. The molecule has 172 valence electrons. The predicted molar refractivity (Wildman–Crippen MR) is 130 cm³/mol. The molecule has 34 heavy (non-hydrogen) atoms. The Morgan fingerprint density at radius 1 is 1.06 bits per heavy atom. The van der Waals surface area contributed by atoms with Gasteiger partial charge in [0, 0.05) is 35.8 Å². The van der Waals surface area contributed by atoms with Gasteiger partial charge in [-0.3, -0.25) is 0 Å². The number of aromatic nitrogens is 3. The largest absolute Gasteiger partial charge is 0.438 e. The summed E-state index contributed by atoms with van der Waals surface area (Å²) in [7, 11) is 0. The molecular formula is C27H24FN3O3. The zero-order valence-corrected chi connectivity index (χ0v) is 19.0. The molecule has 3 aromatic heterocycles. The SMILES string of the molecule is CCCCCn1cc(-c2ccc(F)cc2)c2c(Oc3ccc4c(C)cc(=O)oc4c3)ncnc21. The van der Waals surface area contributed by atoms with E-state index in [0.717, 1.165) is 58.9 Å². The van der Waals surface area contributed by atoms with E-state index >= 15 is 0 Å². The van der Waals surface area contributed by atoms with Crippen LogP contribution in [0.4, 0.5) is 4.39 Å². The molecule has 0 saturated carbocycles. The summed E-state index contributed by atoms with van der Waals surface area (Å²) in [6.07, 6.45) is 6.75. The molecule has 0 bridgehead atoms. The van der Waals surface area contributed by atoms with Crippen molar-refractivity contribution in [1.29, 1.82) is 0 Å². The lowest BCUT2D eigenvalue weighted by Gasteiger charge is -2.09. The molecule has 0 unspecified atom stereocenters. The average molecular weight is 458 g/mol. The second kappa shape index (κ2) is 9.09. The van der Waals surface area contributed by atoms with Crippen molar-refractivity contribution >= 4 is 22.0 Å². The lowest BCUT2D eigenvalue weighted by Crippen LogP contribution is -1.99. The third-order valence-electron chi connectivity index (χ3n) is 5.91. The van der Waals surface area contributed by atoms with Gasteiger partial charge in [-0.15, -0.1) is 0 Å². The van der Waals surface area contributed by atoms with Crippen LogP contribution in [-0.2, 0) is 6.54 Å². The van der Waals surface area contributed by atoms with E-state index in [2.05, 4.69) is 21.5 Å². The third kappa shape index (κ3) is 4.17. The fourth-order valence-corrected chi connectivity index (χ4v) is 4.20. The normalized spacial score (nSPS) is 11.4. The molecule has 7 heteroatoms. The van der Waals surface area contributed by atoms with E-state index in [0.29, 0.717) is 17.2 Å². The number of ether oxygens (including phenoxy) is 1. The van der Waals surface area contributed by atoms with Crippen LogP contribution in [0.5, 0.6) is 11.6 Å². The first kappa shape index (κ1) is 21.8. The monoisotopic (exact) mass is 457 g/mol. The Balaban J connectivity index is 1.63. The molecular weight excluding hydrogens is 433 g/mol. The number of hydrogen-bond donors (Lipinski definition) is 0. The maximum absolute atomic E-state index is 13.6. The average Bonchev–Trinajstić information content (AvgIpc) is 3.19. The molecule has 3 heterocycles. The predicted octanol–water partition coefficient (Wildman–Crippen LogP) is 6.63. The van der Waals surface area contributed by atoms with Crippen LogP contribution in [0.2, 0.25) is 0 Å². The summed E-state index contributed by atoms with van der Waals surface area (Å²) < 4.78 is 27.3. The van der Waals surface area contributed by atoms with Crippen LogP contribution in [0.15, 0.2) is 70.3 Å². The van der Waals surface area contributed by atoms with Crippen molar-refractivity contribution in [2.45, 2.75) is 39.7 Å². The Morgan fingerprint density at radius 3 is 2.68 bits per heavy atom. The highest BCUT2D eigenvalue weighted by molar-refractivity contribution is 5.97. The molecule has 0 saturated heterocycles. The number of nitrogens with zero attached hydrogens (tertiary/aromatic N) is 3. The van der Waals surface area contributed by atoms with Crippen LogP contribution in [0.1, 0.15) is 31.7 Å². The molecule has 5 rings (SSSR count). The first-order valence-electron chi connectivity index (χ1n) is 11.4. The maximum Gasteiger partial charge on any atom is 0.336 e. The Bertz CT molecular complexity index is 1540. The highest BCUT2D eigenvalue weighted by Gasteiger charge is 2.18. The highest BCUT2D eigenvalue weighted by atomic mass is 19.1. The van der Waals surface area contributed by atoms with Crippen LogP contribution < -0.4 is 10.4 Å². The van der Waals surface area contributed by atoms with E-state index in [1.807, 2.05) is 25.3 Å². The van der Waals surface area contributed by atoms with Crippen molar-refractivity contribution in [3.8, 4) is 22.8 Å². The van der Waals surface area contributed by atoms with Gasteiger partial charge in [0.15, 0.2) is 0 Å². The Hall–Kier alpha value is -4.00. The highest BCUT2D eigenvalue weighted by Crippen LogP contribution is 2.37. The molecule has 5 aromatic rings. The number of benzene rings is 2. The first-order chi connectivity index (χ1) is 16.5. The molecule has 0 aliphatic carbocycles. The van der Waals surface area contributed by atoms with Gasteiger partial charge >= 0.3 is 5.63 Å². The standard InChI is InChI=1S/C27H24FN3O3/c1-3-4-5-12-31-15-22(18-6-8-19(28)9-7-18)25-26(31)29-16-30-27(25)33-20-10-11-21-17(2)13-24(32)34-23(21)14-20/h6-11,13-16H,3-5,12H2,1-2H3. The summed E-state index contributed by atoms with van der Waals surface area (Å²) in [5.41, 5.74) is 3.34. The zero-order chi connectivity index (χ0) is 23.7. The van der Waals surface area contributed by atoms with Gasteiger partial charge in [0.05, 0.1) is 5.39 Å². The van der Waals surface area contributed by atoms with Crippen molar-refractivity contribution in [1.82, 2.24) is 14.5 Å². The van der Waals surface area contributed by atoms with Gasteiger partial charge in [0.25, 0.3) is 0 Å². The van der Waals surface area contributed by atoms with Crippen molar-refractivity contribution in [2.75, 3.05) is 0 Å². The minimum Gasteiger partial charge on any atom is -0.438 e. The smallest absolute Gasteiger partial charge is 0.336 e. The minimum absolute atomic E-state index is 0.295. The van der Waals surface area contributed by atoms with Gasteiger partial charge in [-0.2, -0.15) is 0 Å². The summed E-state index contributed by atoms with van der Waals surface area (Å²) in [6.45, 7) is 4.84. The molecule has 0 radical (unpaired) electrons. The molecule has 0 spiro atoms. The summed E-state index contributed by atoms with van der Waals surface area (Å²) >= 11 is 0. The summed E-state index contributed by atoms with van der Waals surface area (Å²) in [5.74, 6) is 0.578. The Morgan fingerprint density at radius 2 is 1.88 bits per heavy atom. The van der Waals surface area contributed by atoms with Crippen LogP contribution >= 0.6 is 0 Å². The third-order valence-corrected chi connectivity index (χ3v) is 5.91. The van der Waals surface area contributed by atoms with Crippen LogP contribution in [0.3, 0.4) is 0 Å². The fraction of sp³-hybridized carbons (Fsp3) is 0.222. The fourth-order valence-electron chi connectivity index (χ4n) is 4.20. The van der Waals surface area contributed by atoms with Crippen molar-refractivity contribution in [3.63, 3.8) is 0 Å². The summed E-state index contributed by atoms with van der Waals surface area (Å²) in [6, 6.07) is 13.2. The topological polar surface area (TPSA) is 70.2 Å². The quantitative estimate of drug-likeness (QED) is 0.202. The lowest BCUT2D eigenvalue weighted by atomic mass is 10.1. The van der Waals surface area contributed by atoms with Gasteiger partial charge in [-0.1, -0.05) is 31.9 Å². The molecule has 6 nitrogen and oxygen atoms in total. The van der Waals surface area contributed by atoms with Gasteiger partial charge in [0.1, 0.15) is 29.1 Å². The van der Waals surface area contributed by atoms with Crippen molar-refractivity contribution in [3.05, 3.63) is 82.9 Å². The van der Waals surface area contributed by atoms with E-state index < -0.39 is 5.63 Å². The van der Waals surface area contributed by atoms with E-state index in [-0.39, 0.29) is 5.82 Å². The minimum atomic E-state index is -0.408. The van der Waals surface area contributed by atoms with Crippen LogP contribution in [0.25, 0.3) is 33.1 Å². The Kier molecular flexibility index (Phi) is 5.84. The molecule has 2 aromatic carbocycles. The molecule has 0 N–H and O–H groups in total. The molecule has 0 fully saturated rings. The van der Waals surface area contributed by atoms with Gasteiger partial charge in [0.2, 0.25) is 5.88 Å². The number of unbranched alkanes of at least 4 members (excludes halogenated alkanes) is 2. The van der Waals surface area contributed by atoms with Gasteiger partial charge in [-0.25, -0.2) is 19.2 Å². The number of halogens is 1. The van der Waals surface area contributed by atoms with Gasteiger partial charge < -0.3 is 13.7 Å². The summed E-state index contributed by atoms with van der Waals surface area (Å²) in [5, 5.41) is 1.59.